The molecule has 0 fully saturated rings. The van der Waals surface area contributed by atoms with Gasteiger partial charge in [-0.05, 0) is 13.8 Å². The molecule has 0 aliphatic rings. The van der Waals surface area contributed by atoms with Gasteiger partial charge in [0.15, 0.2) is 0 Å². The molecule has 0 spiro atoms. The van der Waals surface area contributed by atoms with Gasteiger partial charge in [0.2, 0.25) is 12.7 Å². The molecule has 0 saturated heterocycles. The van der Waals surface area contributed by atoms with Gasteiger partial charge in [-0.25, -0.2) is 18.3 Å². The van der Waals surface area contributed by atoms with Crippen molar-refractivity contribution < 1.29 is 23.5 Å². The van der Waals surface area contributed by atoms with E-state index in [4.69, 9.17) is 14.4 Å². The van der Waals surface area contributed by atoms with Gasteiger partial charge in [0.1, 0.15) is 24.8 Å². The van der Waals surface area contributed by atoms with Gasteiger partial charge < -0.3 is 9.79 Å². The van der Waals surface area contributed by atoms with E-state index >= 15 is 0 Å². The molecule has 2 aromatic rings. The van der Waals surface area contributed by atoms with E-state index in [0.29, 0.717) is 0 Å². The van der Waals surface area contributed by atoms with Crippen molar-refractivity contribution in [3.05, 3.63) is 37.4 Å². The Kier molecular flexibility index (Phi) is 9.45. The maximum absolute atomic E-state index is 8.48. The van der Waals surface area contributed by atoms with Crippen LogP contribution in [0.3, 0.4) is 0 Å². The molecule has 112 valence electrons. The second kappa shape index (κ2) is 10.3. The monoisotopic (exact) mass is 301 g/mol. The van der Waals surface area contributed by atoms with Gasteiger partial charge in [0, 0.05) is 0 Å². The van der Waals surface area contributed by atoms with Crippen LogP contribution in [0.2, 0.25) is 0 Å². The fourth-order valence-electron chi connectivity index (χ4n) is 1.38. The van der Waals surface area contributed by atoms with Crippen LogP contribution < -0.4 is 18.9 Å². The Bertz CT molecular complexity index is 466. The standard InChI is InChI=1S/2C6H11N2.HO3P/c2*1-3-8-5-4-7(2)6-8;1-4(2)3/h2*4-6H,3H2,1-2H3;(H,1,2,3)/q2*+1;/p-1. The van der Waals surface area contributed by atoms with Crippen LogP contribution in [-0.2, 0) is 31.7 Å². The van der Waals surface area contributed by atoms with E-state index in [1.165, 1.54) is 0 Å². The summed E-state index contributed by atoms with van der Waals surface area (Å²) in [4.78, 5) is 17.0. The highest BCUT2D eigenvalue weighted by atomic mass is 31.1. The zero-order valence-corrected chi connectivity index (χ0v) is 13.2. The molecule has 8 heteroatoms. The Labute approximate surface area is 120 Å². The summed E-state index contributed by atoms with van der Waals surface area (Å²) in [6.07, 6.45) is 12.3. The second-order valence-electron chi connectivity index (χ2n) is 4.04. The summed E-state index contributed by atoms with van der Waals surface area (Å²) in [6.45, 7) is 6.36. The normalized spacial score (nSPS) is 9.10. The van der Waals surface area contributed by atoms with Gasteiger partial charge in [-0.2, -0.15) is 0 Å². The van der Waals surface area contributed by atoms with Crippen LogP contribution in [0, 0.1) is 0 Å². The maximum Gasteiger partial charge on any atom is 0.276 e. The van der Waals surface area contributed by atoms with Crippen LogP contribution in [-0.4, -0.2) is 9.13 Å². The first-order chi connectivity index (χ1) is 9.38. The van der Waals surface area contributed by atoms with Crippen molar-refractivity contribution in [3.63, 3.8) is 0 Å². The van der Waals surface area contributed by atoms with E-state index < -0.39 is 8.25 Å². The van der Waals surface area contributed by atoms with Crippen LogP contribution in [0.5, 0.6) is 0 Å². The minimum atomic E-state index is -3.37. The first-order valence-corrected chi connectivity index (χ1v) is 7.32. The number of aromatic nitrogens is 4. The van der Waals surface area contributed by atoms with Gasteiger partial charge in [0.05, 0.1) is 27.2 Å². The minimum absolute atomic E-state index is 1.06. The van der Waals surface area contributed by atoms with Gasteiger partial charge >= 0.3 is 0 Å². The molecule has 0 saturated carbocycles. The lowest BCUT2D eigenvalue weighted by Gasteiger charge is -1.81. The van der Waals surface area contributed by atoms with Crippen molar-refractivity contribution in [2.75, 3.05) is 0 Å². The molecule has 2 aromatic heterocycles. The Hall–Kier alpha value is -1.56. The molecule has 0 aliphatic carbocycles. The van der Waals surface area contributed by atoms with Gasteiger partial charge in [-0.1, -0.05) is 4.57 Å². The topological polar surface area (TPSA) is 80.8 Å². The van der Waals surface area contributed by atoms with Crippen molar-refractivity contribution in [1.82, 2.24) is 9.13 Å². The molecule has 20 heavy (non-hydrogen) atoms. The van der Waals surface area contributed by atoms with E-state index in [-0.39, 0.29) is 0 Å². The van der Waals surface area contributed by atoms with Gasteiger partial charge in [0.25, 0.3) is 8.25 Å². The largest absolute Gasteiger partial charge is 0.598 e. The summed E-state index contributed by atoms with van der Waals surface area (Å²) in [5.74, 6) is 0. The SMILES string of the molecule is CCn1cc[n+](C)c1.CCn1cc[n+](C)c1.O=[P+]([O-])[O-]. The van der Waals surface area contributed by atoms with Crippen molar-refractivity contribution >= 4 is 8.25 Å². The number of hydrogen-bond donors (Lipinski definition) is 0. The van der Waals surface area contributed by atoms with Crippen LogP contribution in [0.1, 0.15) is 13.8 Å². The third-order valence-electron chi connectivity index (χ3n) is 2.38. The van der Waals surface area contributed by atoms with E-state index in [9.17, 15) is 0 Å². The van der Waals surface area contributed by atoms with Gasteiger partial charge in [-0.15, -0.1) is 0 Å². The number of aryl methyl sites for hydroxylation is 4. The third kappa shape index (κ3) is 9.38. The predicted octanol–water partition coefficient (Wildman–Crippen LogP) is -0.971. The number of nitrogens with zero attached hydrogens (tertiary/aromatic N) is 4. The molecule has 2 rings (SSSR count). The summed E-state index contributed by atoms with van der Waals surface area (Å²) in [7, 11) is 0.670. The molecule has 0 bridgehead atoms. The zero-order valence-electron chi connectivity index (χ0n) is 12.3. The highest BCUT2D eigenvalue weighted by Crippen LogP contribution is 1.80. The Morgan fingerprint density at radius 1 is 0.950 bits per heavy atom. The van der Waals surface area contributed by atoms with Crippen molar-refractivity contribution in [1.29, 1.82) is 0 Å². The fourth-order valence-corrected chi connectivity index (χ4v) is 1.38. The summed E-state index contributed by atoms with van der Waals surface area (Å²) in [6, 6.07) is 0. The molecular formula is C12H22N4O3P+. The highest BCUT2D eigenvalue weighted by molar-refractivity contribution is 7.27. The third-order valence-corrected chi connectivity index (χ3v) is 2.38. The summed E-state index contributed by atoms with van der Waals surface area (Å²) in [5.41, 5.74) is 0. The average Bonchev–Trinajstić information content (AvgIpc) is 2.97. The van der Waals surface area contributed by atoms with E-state index in [0.717, 1.165) is 13.1 Å². The minimum Gasteiger partial charge on any atom is -0.598 e. The Morgan fingerprint density at radius 2 is 1.25 bits per heavy atom. The molecule has 0 amide bonds. The van der Waals surface area contributed by atoms with Crippen LogP contribution in [0.4, 0.5) is 0 Å². The lowest BCUT2D eigenvalue weighted by molar-refractivity contribution is -0.671. The second-order valence-corrected chi connectivity index (χ2v) is 4.49. The first kappa shape index (κ1) is 18.4. The lowest BCUT2D eigenvalue weighted by Crippen LogP contribution is -2.23. The van der Waals surface area contributed by atoms with Crippen LogP contribution >= 0.6 is 8.25 Å². The summed E-state index contributed by atoms with van der Waals surface area (Å²) < 4.78 is 16.8. The van der Waals surface area contributed by atoms with Crippen molar-refractivity contribution in [2.45, 2.75) is 26.9 Å². The summed E-state index contributed by atoms with van der Waals surface area (Å²) >= 11 is 0. The number of rotatable bonds is 2. The van der Waals surface area contributed by atoms with Crippen molar-refractivity contribution in [2.24, 2.45) is 14.1 Å². The molecule has 0 aliphatic heterocycles. The van der Waals surface area contributed by atoms with E-state index in [2.05, 4.69) is 48.0 Å². The molecule has 0 N–H and O–H groups in total. The van der Waals surface area contributed by atoms with Crippen molar-refractivity contribution in [3.8, 4) is 0 Å². The maximum atomic E-state index is 8.48. The van der Waals surface area contributed by atoms with Crippen LogP contribution in [0.15, 0.2) is 37.4 Å². The predicted molar refractivity (Wildman–Crippen MR) is 70.2 cm³/mol. The number of imidazole rings is 2. The first-order valence-electron chi connectivity index (χ1n) is 6.22. The molecule has 7 nitrogen and oxygen atoms in total. The van der Waals surface area contributed by atoms with E-state index in [1.807, 2.05) is 35.6 Å². The fraction of sp³-hybridized carbons (Fsp3) is 0.500. The smallest absolute Gasteiger partial charge is 0.276 e. The Balaban J connectivity index is 0.000000289. The van der Waals surface area contributed by atoms with Gasteiger partial charge in [-0.3, -0.25) is 0 Å². The molecule has 0 unspecified atom stereocenters. The molecular weight excluding hydrogens is 279 g/mol. The highest BCUT2D eigenvalue weighted by Gasteiger charge is 1.92. The average molecular weight is 301 g/mol. The van der Waals surface area contributed by atoms with Crippen LogP contribution in [0.25, 0.3) is 0 Å². The molecule has 0 atom stereocenters. The zero-order chi connectivity index (χ0) is 15.5. The molecule has 0 aromatic carbocycles. The number of hydrogen-bond acceptors (Lipinski definition) is 3. The molecule has 0 radical (unpaired) electrons. The Morgan fingerprint density at radius 3 is 1.35 bits per heavy atom. The summed E-state index contributed by atoms with van der Waals surface area (Å²) in [5, 5.41) is 0. The van der Waals surface area contributed by atoms with E-state index in [1.54, 1.807) is 0 Å². The molecule has 2 heterocycles. The lowest BCUT2D eigenvalue weighted by atomic mass is 10.7. The quantitative estimate of drug-likeness (QED) is 0.529.